The molecule has 7 nitrogen and oxygen atoms in total. The van der Waals surface area contributed by atoms with Gasteiger partial charge in [0.25, 0.3) is 5.91 Å². The van der Waals surface area contributed by atoms with Gasteiger partial charge in [-0.15, -0.1) is 15.3 Å². The first kappa shape index (κ1) is 19.8. The molecule has 0 aliphatic heterocycles. The minimum atomic E-state index is -0.106. The molecule has 2 aromatic carbocycles. The lowest BCUT2D eigenvalue weighted by Crippen LogP contribution is -2.26. The number of anilines is 1. The summed E-state index contributed by atoms with van der Waals surface area (Å²) in [6.07, 6.45) is 0.520. The van der Waals surface area contributed by atoms with Gasteiger partial charge in [-0.1, -0.05) is 41.4 Å². The highest BCUT2D eigenvalue weighted by Gasteiger charge is 2.10. The molecule has 4 aromatic rings. The molecule has 0 fully saturated rings. The summed E-state index contributed by atoms with van der Waals surface area (Å²) in [5.74, 6) is 1.29. The SMILES string of the molecule is Cc1cccc(C(=O)NCCc2nnc3ccc(NCc4ccc(Cl)cc4)nn23)c1. The fourth-order valence-electron chi connectivity index (χ4n) is 3.05. The van der Waals surface area contributed by atoms with Crippen molar-refractivity contribution in [2.24, 2.45) is 0 Å². The van der Waals surface area contributed by atoms with Gasteiger partial charge in [-0.25, -0.2) is 0 Å². The van der Waals surface area contributed by atoms with E-state index in [0.29, 0.717) is 47.4 Å². The van der Waals surface area contributed by atoms with Gasteiger partial charge in [-0.2, -0.15) is 4.52 Å². The molecule has 0 spiro atoms. The summed E-state index contributed by atoms with van der Waals surface area (Å²) in [7, 11) is 0. The van der Waals surface area contributed by atoms with Crippen LogP contribution in [0.4, 0.5) is 5.82 Å². The summed E-state index contributed by atoms with van der Waals surface area (Å²) in [4.78, 5) is 12.3. The lowest BCUT2D eigenvalue weighted by Gasteiger charge is -2.07. The summed E-state index contributed by atoms with van der Waals surface area (Å²) in [5.41, 5.74) is 3.46. The first-order valence-corrected chi connectivity index (χ1v) is 10.0. The van der Waals surface area contributed by atoms with Gasteiger partial charge in [-0.3, -0.25) is 4.79 Å². The molecular weight excluding hydrogens is 400 g/mol. The monoisotopic (exact) mass is 420 g/mol. The number of hydrogen-bond donors (Lipinski definition) is 2. The van der Waals surface area contributed by atoms with E-state index in [0.717, 1.165) is 11.1 Å². The molecule has 0 aliphatic rings. The van der Waals surface area contributed by atoms with E-state index < -0.39 is 0 Å². The average molecular weight is 421 g/mol. The molecule has 30 heavy (non-hydrogen) atoms. The van der Waals surface area contributed by atoms with E-state index in [-0.39, 0.29) is 5.91 Å². The maximum absolute atomic E-state index is 12.3. The van der Waals surface area contributed by atoms with Gasteiger partial charge in [-0.05, 0) is 48.9 Å². The molecule has 0 saturated heterocycles. The Morgan fingerprint density at radius 1 is 1.07 bits per heavy atom. The maximum atomic E-state index is 12.3. The van der Waals surface area contributed by atoms with Gasteiger partial charge >= 0.3 is 0 Å². The number of rotatable bonds is 7. The number of hydrogen-bond acceptors (Lipinski definition) is 5. The van der Waals surface area contributed by atoms with Crippen LogP contribution in [-0.4, -0.2) is 32.3 Å². The maximum Gasteiger partial charge on any atom is 0.251 e. The van der Waals surface area contributed by atoms with Gasteiger partial charge in [0, 0.05) is 30.1 Å². The van der Waals surface area contributed by atoms with E-state index in [9.17, 15) is 4.79 Å². The topological polar surface area (TPSA) is 84.2 Å². The number of carbonyl (C=O) groups excluding carboxylic acids is 1. The minimum Gasteiger partial charge on any atom is -0.365 e. The summed E-state index contributed by atoms with van der Waals surface area (Å²) in [6.45, 7) is 3.03. The number of carbonyl (C=O) groups is 1. The van der Waals surface area contributed by atoms with Gasteiger partial charge in [0.2, 0.25) is 0 Å². The molecule has 0 aliphatic carbocycles. The zero-order chi connectivity index (χ0) is 20.9. The van der Waals surface area contributed by atoms with Crippen LogP contribution in [0.25, 0.3) is 5.65 Å². The first-order chi connectivity index (χ1) is 14.6. The van der Waals surface area contributed by atoms with Crippen molar-refractivity contribution < 1.29 is 4.79 Å². The zero-order valence-corrected chi connectivity index (χ0v) is 17.2. The Morgan fingerprint density at radius 2 is 1.90 bits per heavy atom. The molecule has 0 bridgehead atoms. The first-order valence-electron chi connectivity index (χ1n) is 9.63. The number of nitrogens with one attached hydrogen (secondary N) is 2. The quantitative estimate of drug-likeness (QED) is 0.476. The van der Waals surface area contributed by atoms with E-state index in [4.69, 9.17) is 11.6 Å². The van der Waals surface area contributed by atoms with E-state index in [1.807, 2.05) is 61.5 Å². The van der Waals surface area contributed by atoms with Crippen molar-refractivity contribution in [1.29, 1.82) is 0 Å². The summed E-state index contributed by atoms with van der Waals surface area (Å²) < 4.78 is 1.70. The van der Waals surface area contributed by atoms with Gasteiger partial charge < -0.3 is 10.6 Å². The lowest BCUT2D eigenvalue weighted by atomic mass is 10.1. The second-order valence-corrected chi connectivity index (χ2v) is 7.40. The predicted molar refractivity (Wildman–Crippen MR) is 117 cm³/mol. The van der Waals surface area contributed by atoms with Crippen LogP contribution < -0.4 is 10.6 Å². The molecule has 4 rings (SSSR count). The largest absolute Gasteiger partial charge is 0.365 e. The van der Waals surface area contributed by atoms with Crippen molar-refractivity contribution in [2.75, 3.05) is 11.9 Å². The van der Waals surface area contributed by atoms with E-state index in [1.54, 1.807) is 10.6 Å². The van der Waals surface area contributed by atoms with Gasteiger partial charge in [0.1, 0.15) is 5.82 Å². The van der Waals surface area contributed by atoms with Gasteiger partial charge in [0.05, 0.1) is 0 Å². The predicted octanol–water partition coefficient (Wildman–Crippen LogP) is 3.67. The second-order valence-electron chi connectivity index (χ2n) is 6.96. The Bertz CT molecular complexity index is 1170. The van der Waals surface area contributed by atoms with E-state index in [2.05, 4.69) is 25.9 Å². The Morgan fingerprint density at radius 3 is 2.70 bits per heavy atom. The van der Waals surface area contributed by atoms with Crippen molar-refractivity contribution in [3.8, 4) is 0 Å². The minimum absolute atomic E-state index is 0.106. The van der Waals surface area contributed by atoms with Crippen LogP contribution in [0.15, 0.2) is 60.7 Å². The smallest absolute Gasteiger partial charge is 0.251 e. The summed E-state index contributed by atoms with van der Waals surface area (Å²) in [5, 5.41) is 19.9. The third kappa shape index (κ3) is 4.75. The van der Waals surface area contributed by atoms with Crippen molar-refractivity contribution in [1.82, 2.24) is 25.1 Å². The van der Waals surface area contributed by atoms with Crippen molar-refractivity contribution in [2.45, 2.75) is 19.9 Å². The Labute approximate surface area is 179 Å². The second kappa shape index (κ2) is 8.92. The normalized spacial score (nSPS) is 10.9. The Balaban J connectivity index is 1.38. The fraction of sp³-hybridized carbons (Fsp3) is 0.182. The lowest BCUT2D eigenvalue weighted by molar-refractivity contribution is 0.0954. The molecule has 0 saturated carbocycles. The van der Waals surface area contributed by atoms with Crippen LogP contribution in [0.2, 0.25) is 5.02 Å². The number of amides is 1. The molecule has 0 radical (unpaired) electrons. The van der Waals surface area contributed by atoms with Crippen molar-refractivity contribution in [3.63, 3.8) is 0 Å². The molecule has 8 heteroatoms. The zero-order valence-electron chi connectivity index (χ0n) is 16.5. The number of fused-ring (bicyclic) bond motifs is 1. The molecule has 2 heterocycles. The summed E-state index contributed by atoms with van der Waals surface area (Å²) >= 11 is 5.93. The third-order valence-corrected chi connectivity index (χ3v) is 4.88. The molecular formula is C22H21ClN6O. The molecule has 1 amide bonds. The summed E-state index contributed by atoms with van der Waals surface area (Å²) in [6, 6.07) is 18.9. The highest BCUT2D eigenvalue weighted by Crippen LogP contribution is 2.12. The molecule has 0 unspecified atom stereocenters. The molecule has 2 N–H and O–H groups in total. The number of aromatic nitrogens is 4. The van der Waals surface area contributed by atoms with E-state index in [1.165, 1.54) is 0 Å². The molecule has 2 aromatic heterocycles. The number of benzene rings is 2. The Kier molecular flexibility index (Phi) is 5.90. The van der Waals surface area contributed by atoms with Crippen LogP contribution in [0, 0.1) is 6.92 Å². The molecule has 152 valence electrons. The van der Waals surface area contributed by atoms with Crippen LogP contribution in [-0.2, 0) is 13.0 Å². The van der Waals surface area contributed by atoms with Crippen molar-refractivity contribution >= 4 is 29.0 Å². The van der Waals surface area contributed by atoms with Crippen LogP contribution in [0.5, 0.6) is 0 Å². The average Bonchev–Trinajstić information content (AvgIpc) is 3.15. The third-order valence-electron chi connectivity index (χ3n) is 4.63. The fourth-order valence-corrected chi connectivity index (χ4v) is 3.18. The standard InChI is InChI=1S/C22H21ClN6O/c1-15-3-2-4-17(13-15)22(30)24-12-11-21-27-26-20-10-9-19(28-29(20)21)25-14-16-5-7-18(23)8-6-16/h2-10,13H,11-12,14H2,1H3,(H,24,30)(H,25,28). The Hall–Kier alpha value is -3.45. The number of nitrogens with zero attached hydrogens (tertiary/aromatic N) is 4. The number of aryl methyl sites for hydroxylation is 1. The van der Waals surface area contributed by atoms with Crippen molar-refractivity contribution in [3.05, 3.63) is 88.2 Å². The highest BCUT2D eigenvalue weighted by atomic mass is 35.5. The van der Waals surface area contributed by atoms with Crippen LogP contribution in [0.1, 0.15) is 27.3 Å². The number of halogens is 1. The highest BCUT2D eigenvalue weighted by molar-refractivity contribution is 6.30. The molecule has 0 atom stereocenters. The van der Waals surface area contributed by atoms with Crippen LogP contribution in [0.3, 0.4) is 0 Å². The van der Waals surface area contributed by atoms with Gasteiger partial charge in [0.15, 0.2) is 11.5 Å². The van der Waals surface area contributed by atoms with E-state index >= 15 is 0 Å². The van der Waals surface area contributed by atoms with Crippen LogP contribution >= 0.6 is 11.6 Å².